The Kier molecular flexibility index (Phi) is 3.31. The largest absolute Gasteiger partial charge is 0.366 e. The van der Waals surface area contributed by atoms with Gasteiger partial charge in [-0.1, -0.05) is 30.3 Å². The van der Waals surface area contributed by atoms with Crippen molar-refractivity contribution in [3.63, 3.8) is 0 Å². The lowest BCUT2D eigenvalue weighted by molar-refractivity contribution is -0.119. The number of rotatable bonds is 3. The van der Waals surface area contributed by atoms with Crippen LogP contribution in [0.5, 0.6) is 0 Å². The van der Waals surface area contributed by atoms with Crippen LogP contribution in [0.15, 0.2) is 54.6 Å². The van der Waals surface area contributed by atoms with Crippen LogP contribution < -0.4 is 16.2 Å². The van der Waals surface area contributed by atoms with Gasteiger partial charge in [-0.2, -0.15) is 0 Å². The van der Waals surface area contributed by atoms with Gasteiger partial charge in [0.25, 0.3) is 0 Å². The van der Waals surface area contributed by atoms with Gasteiger partial charge in [0.1, 0.15) is 0 Å². The summed E-state index contributed by atoms with van der Waals surface area (Å²) < 4.78 is 0. The number of hydrazine groups is 1. The number of hydrogen-bond donors (Lipinski definition) is 2. The number of hydrogen-bond acceptors (Lipinski definition) is 3. The Bertz CT molecular complexity index is 668. The summed E-state index contributed by atoms with van der Waals surface area (Å²) in [6, 6.07) is 16.7. The maximum atomic E-state index is 11.8. The van der Waals surface area contributed by atoms with Crippen molar-refractivity contribution in [3.8, 4) is 0 Å². The third-order valence-corrected chi connectivity index (χ3v) is 3.55. The smallest absolute Gasteiger partial charge is 0.248 e. The van der Waals surface area contributed by atoms with E-state index < -0.39 is 5.91 Å². The molecule has 21 heavy (non-hydrogen) atoms. The molecular weight excluding hydrogens is 266 g/mol. The Morgan fingerprint density at radius 1 is 1.10 bits per heavy atom. The van der Waals surface area contributed by atoms with Crippen LogP contribution in [-0.4, -0.2) is 11.8 Å². The molecule has 1 heterocycles. The number of nitrogens with two attached hydrogens (primary N) is 1. The molecule has 1 atom stereocenters. The Morgan fingerprint density at radius 2 is 1.76 bits per heavy atom. The van der Waals surface area contributed by atoms with E-state index in [1.54, 1.807) is 24.3 Å². The molecule has 0 saturated carbocycles. The molecule has 3 rings (SSSR count). The lowest BCUT2D eigenvalue weighted by Crippen LogP contribution is -2.34. The molecule has 1 aliphatic heterocycles. The van der Waals surface area contributed by atoms with Crippen LogP contribution >= 0.6 is 0 Å². The first-order valence-electron chi connectivity index (χ1n) is 6.68. The third kappa shape index (κ3) is 2.58. The fourth-order valence-electron chi connectivity index (χ4n) is 2.50. The normalized spacial score (nSPS) is 17.6. The second-order valence-corrected chi connectivity index (χ2v) is 4.95. The lowest BCUT2D eigenvalue weighted by atomic mass is 10.0. The number of nitrogens with one attached hydrogen (secondary N) is 1. The zero-order valence-corrected chi connectivity index (χ0v) is 11.3. The van der Waals surface area contributed by atoms with Crippen molar-refractivity contribution >= 4 is 17.5 Å². The van der Waals surface area contributed by atoms with Crippen molar-refractivity contribution in [2.75, 3.05) is 5.01 Å². The number of benzene rings is 2. The highest BCUT2D eigenvalue weighted by Gasteiger charge is 2.31. The predicted molar refractivity (Wildman–Crippen MR) is 79.4 cm³/mol. The summed E-state index contributed by atoms with van der Waals surface area (Å²) in [7, 11) is 0. The number of carbonyl (C=O) groups is 2. The van der Waals surface area contributed by atoms with Gasteiger partial charge >= 0.3 is 0 Å². The van der Waals surface area contributed by atoms with E-state index in [2.05, 4.69) is 5.43 Å². The minimum Gasteiger partial charge on any atom is -0.366 e. The molecule has 2 amide bonds. The van der Waals surface area contributed by atoms with Gasteiger partial charge in [0.2, 0.25) is 11.8 Å². The molecule has 1 fully saturated rings. The highest BCUT2D eigenvalue weighted by Crippen LogP contribution is 2.32. The second kappa shape index (κ2) is 5.28. The van der Waals surface area contributed by atoms with Gasteiger partial charge in [-0.25, -0.2) is 0 Å². The quantitative estimate of drug-likeness (QED) is 0.900. The van der Waals surface area contributed by atoms with E-state index in [1.165, 1.54) is 0 Å². The molecule has 5 heteroatoms. The van der Waals surface area contributed by atoms with E-state index in [0.29, 0.717) is 12.0 Å². The van der Waals surface area contributed by atoms with E-state index in [1.807, 2.05) is 35.3 Å². The molecule has 3 N–H and O–H groups in total. The standard InChI is InChI=1S/C16H15N3O2/c17-16(21)12-6-8-13(9-7-12)19-14(10-15(20)18-19)11-4-2-1-3-5-11/h1-9,14H,10H2,(H2,17,21)(H,18,20). The topological polar surface area (TPSA) is 75.4 Å². The molecule has 0 aromatic heterocycles. The molecule has 0 bridgehead atoms. The Balaban J connectivity index is 1.92. The summed E-state index contributed by atoms with van der Waals surface area (Å²) in [5.74, 6) is -0.491. The SMILES string of the molecule is NC(=O)c1ccc(N2NC(=O)CC2c2ccccc2)cc1. The van der Waals surface area contributed by atoms with Crippen LogP contribution in [0, 0.1) is 0 Å². The maximum absolute atomic E-state index is 11.8. The van der Waals surface area contributed by atoms with E-state index in [4.69, 9.17) is 5.73 Å². The van der Waals surface area contributed by atoms with Crippen LogP contribution in [0.4, 0.5) is 5.69 Å². The zero-order valence-electron chi connectivity index (χ0n) is 11.3. The van der Waals surface area contributed by atoms with Crippen molar-refractivity contribution < 1.29 is 9.59 Å². The molecule has 1 unspecified atom stereocenters. The van der Waals surface area contributed by atoms with Crippen molar-refractivity contribution in [2.45, 2.75) is 12.5 Å². The molecule has 0 radical (unpaired) electrons. The Hall–Kier alpha value is -2.82. The number of carbonyl (C=O) groups excluding carboxylic acids is 2. The van der Waals surface area contributed by atoms with Crippen LogP contribution in [0.1, 0.15) is 28.4 Å². The fraction of sp³-hybridized carbons (Fsp3) is 0.125. The van der Waals surface area contributed by atoms with E-state index in [9.17, 15) is 9.59 Å². The Labute approximate surface area is 122 Å². The first-order valence-corrected chi connectivity index (χ1v) is 6.68. The molecule has 2 aromatic rings. The van der Waals surface area contributed by atoms with Crippen molar-refractivity contribution in [3.05, 3.63) is 65.7 Å². The number of amides is 2. The number of primary amides is 1. The monoisotopic (exact) mass is 281 g/mol. The first kappa shape index (κ1) is 13.2. The van der Waals surface area contributed by atoms with Crippen LogP contribution in [0.2, 0.25) is 0 Å². The minimum atomic E-state index is -0.466. The average Bonchev–Trinajstić information content (AvgIpc) is 2.90. The Morgan fingerprint density at radius 3 is 2.38 bits per heavy atom. The molecule has 0 aliphatic carbocycles. The summed E-state index contributed by atoms with van der Waals surface area (Å²) >= 11 is 0. The van der Waals surface area contributed by atoms with Crippen molar-refractivity contribution in [1.29, 1.82) is 0 Å². The molecule has 1 aliphatic rings. The summed E-state index contributed by atoms with van der Waals surface area (Å²) in [4.78, 5) is 22.9. The summed E-state index contributed by atoms with van der Waals surface area (Å²) in [5, 5.41) is 1.82. The minimum absolute atomic E-state index is 0.0252. The van der Waals surface area contributed by atoms with Gasteiger partial charge in [0, 0.05) is 5.56 Å². The third-order valence-electron chi connectivity index (χ3n) is 3.55. The fourth-order valence-corrected chi connectivity index (χ4v) is 2.50. The van der Waals surface area contributed by atoms with Gasteiger partial charge in [0.05, 0.1) is 18.2 Å². The molecule has 5 nitrogen and oxygen atoms in total. The van der Waals surface area contributed by atoms with Gasteiger partial charge in [-0.15, -0.1) is 0 Å². The second-order valence-electron chi connectivity index (χ2n) is 4.95. The zero-order chi connectivity index (χ0) is 14.8. The summed E-state index contributed by atoms with van der Waals surface area (Å²) in [5.41, 5.74) is 10.4. The van der Waals surface area contributed by atoms with E-state index >= 15 is 0 Å². The van der Waals surface area contributed by atoms with Gasteiger partial charge in [0.15, 0.2) is 0 Å². The molecule has 0 spiro atoms. The van der Waals surface area contributed by atoms with Crippen molar-refractivity contribution in [1.82, 2.24) is 5.43 Å². The van der Waals surface area contributed by atoms with Gasteiger partial charge in [-0.3, -0.25) is 20.0 Å². The predicted octanol–water partition coefficient (Wildman–Crippen LogP) is 1.77. The van der Waals surface area contributed by atoms with Gasteiger partial charge < -0.3 is 5.73 Å². The molecule has 1 saturated heterocycles. The summed E-state index contributed by atoms with van der Waals surface area (Å²) in [6.45, 7) is 0. The van der Waals surface area contributed by atoms with Crippen LogP contribution in [-0.2, 0) is 4.79 Å². The molecular formula is C16H15N3O2. The molecule has 2 aromatic carbocycles. The highest BCUT2D eigenvalue weighted by molar-refractivity contribution is 5.93. The van der Waals surface area contributed by atoms with Gasteiger partial charge in [-0.05, 0) is 29.8 Å². The highest BCUT2D eigenvalue weighted by atomic mass is 16.2. The molecule has 106 valence electrons. The summed E-state index contributed by atoms with van der Waals surface area (Å²) in [6.07, 6.45) is 0.404. The number of anilines is 1. The van der Waals surface area contributed by atoms with Crippen LogP contribution in [0.3, 0.4) is 0 Å². The number of nitrogens with zero attached hydrogens (tertiary/aromatic N) is 1. The van der Waals surface area contributed by atoms with Crippen molar-refractivity contribution in [2.24, 2.45) is 5.73 Å². The van der Waals surface area contributed by atoms with E-state index in [-0.39, 0.29) is 11.9 Å². The maximum Gasteiger partial charge on any atom is 0.248 e. The average molecular weight is 281 g/mol. The van der Waals surface area contributed by atoms with Crippen LogP contribution in [0.25, 0.3) is 0 Å². The lowest BCUT2D eigenvalue weighted by Gasteiger charge is -2.25. The first-order chi connectivity index (χ1) is 10.1. The van der Waals surface area contributed by atoms with E-state index in [0.717, 1.165) is 11.3 Å².